The van der Waals surface area contributed by atoms with Crippen LogP contribution >= 0.6 is 24.0 Å². The molecule has 3 rings (SSSR count). The summed E-state index contributed by atoms with van der Waals surface area (Å²) in [5, 5.41) is 14.1. The number of nitro groups is 1. The summed E-state index contributed by atoms with van der Waals surface area (Å²) >= 11 is 0. The van der Waals surface area contributed by atoms with Gasteiger partial charge in [-0.3, -0.25) is 10.1 Å². The number of nitrogens with zero attached hydrogens (tertiary/aromatic N) is 3. The lowest BCUT2D eigenvalue weighted by Crippen LogP contribution is -2.42. The van der Waals surface area contributed by atoms with Gasteiger partial charge in [0.1, 0.15) is 0 Å². The summed E-state index contributed by atoms with van der Waals surface area (Å²) in [6.45, 7) is 2.57. The maximum Gasteiger partial charge on any atom is 0.269 e. The molecule has 0 aromatic heterocycles. The Hall–Kier alpha value is -2.20. The van der Waals surface area contributed by atoms with Crippen molar-refractivity contribution in [3.63, 3.8) is 0 Å². The van der Waals surface area contributed by atoms with E-state index in [0.29, 0.717) is 19.7 Å². The molecule has 144 valence electrons. The fourth-order valence-electron chi connectivity index (χ4n) is 2.95. The van der Waals surface area contributed by atoms with Crippen molar-refractivity contribution in [3.8, 4) is 0 Å². The van der Waals surface area contributed by atoms with Crippen LogP contribution in [0.3, 0.4) is 0 Å². The summed E-state index contributed by atoms with van der Waals surface area (Å²) in [5.74, 6) is 0.797. The number of ether oxygens (including phenoxy) is 1. The highest BCUT2D eigenvalue weighted by Crippen LogP contribution is 2.27. The Kier molecular flexibility index (Phi) is 7.99. The first-order valence-electron chi connectivity index (χ1n) is 8.55. The van der Waals surface area contributed by atoms with E-state index in [1.165, 1.54) is 23.4 Å². The third-order valence-corrected chi connectivity index (χ3v) is 4.29. The average molecular weight is 482 g/mol. The monoisotopic (exact) mass is 482 g/mol. The average Bonchev–Trinajstić information content (AvgIpc) is 3.09. The number of aliphatic imine (C=N–C) groups is 1. The highest BCUT2D eigenvalue weighted by molar-refractivity contribution is 14.0. The summed E-state index contributed by atoms with van der Waals surface area (Å²) in [7, 11) is 1.67. The number of nitro benzene ring substituents is 1. The van der Waals surface area contributed by atoms with Crippen LogP contribution in [0.25, 0.3) is 0 Å². The van der Waals surface area contributed by atoms with Gasteiger partial charge >= 0.3 is 0 Å². The number of hydrogen-bond donors (Lipinski definition) is 1. The van der Waals surface area contributed by atoms with E-state index in [-0.39, 0.29) is 29.7 Å². The second-order valence-electron chi connectivity index (χ2n) is 6.01. The van der Waals surface area contributed by atoms with E-state index >= 15 is 0 Å². The van der Waals surface area contributed by atoms with Crippen molar-refractivity contribution in [1.82, 2.24) is 5.32 Å². The van der Waals surface area contributed by atoms with Crippen molar-refractivity contribution < 1.29 is 9.66 Å². The number of nitrogens with one attached hydrogen (secondary N) is 1. The van der Waals surface area contributed by atoms with Crippen molar-refractivity contribution in [3.05, 3.63) is 69.8 Å². The number of halogens is 1. The molecule has 0 bridgehead atoms. The third kappa shape index (κ3) is 5.39. The lowest BCUT2D eigenvalue weighted by Gasteiger charge is -2.22. The number of non-ortho nitro benzene ring substituents is 1. The van der Waals surface area contributed by atoms with E-state index in [1.807, 2.05) is 12.1 Å². The summed E-state index contributed by atoms with van der Waals surface area (Å²) in [5.41, 5.74) is 3.49. The predicted octanol–water partition coefficient (Wildman–Crippen LogP) is 3.37. The number of methoxy groups -OCH3 is 1. The van der Waals surface area contributed by atoms with E-state index < -0.39 is 4.92 Å². The number of para-hydroxylation sites is 1. The smallest absolute Gasteiger partial charge is 0.269 e. The van der Waals surface area contributed by atoms with Crippen molar-refractivity contribution in [2.75, 3.05) is 31.7 Å². The first kappa shape index (κ1) is 21.1. The van der Waals surface area contributed by atoms with Crippen LogP contribution in [0.4, 0.5) is 11.4 Å². The first-order valence-corrected chi connectivity index (χ1v) is 8.55. The summed E-state index contributed by atoms with van der Waals surface area (Å²) in [6, 6.07) is 14.8. The van der Waals surface area contributed by atoms with Gasteiger partial charge in [-0.1, -0.05) is 30.3 Å². The number of hydrogen-bond acceptors (Lipinski definition) is 4. The molecule has 1 N–H and O–H groups in total. The molecule has 0 aliphatic carbocycles. The van der Waals surface area contributed by atoms with Crippen LogP contribution in [0, 0.1) is 10.1 Å². The Balaban J connectivity index is 0.00000261. The molecule has 8 heteroatoms. The van der Waals surface area contributed by atoms with Gasteiger partial charge in [0, 0.05) is 38.0 Å². The molecule has 7 nitrogen and oxygen atoms in total. The van der Waals surface area contributed by atoms with Crippen molar-refractivity contribution in [1.29, 1.82) is 0 Å². The van der Waals surface area contributed by atoms with Gasteiger partial charge in [0.25, 0.3) is 5.69 Å². The van der Waals surface area contributed by atoms with Crippen LogP contribution in [0.15, 0.2) is 53.5 Å². The highest BCUT2D eigenvalue weighted by Gasteiger charge is 2.22. The van der Waals surface area contributed by atoms with E-state index in [2.05, 4.69) is 22.3 Å². The second-order valence-corrected chi connectivity index (χ2v) is 6.01. The Labute approximate surface area is 175 Å². The SMILES string of the molecule is COCCNC(=NCc1ccc([N+](=O)[O-])cc1)N1CCc2ccccc21.I. The molecule has 1 heterocycles. The molecule has 0 saturated carbocycles. The third-order valence-electron chi connectivity index (χ3n) is 4.29. The van der Waals surface area contributed by atoms with Gasteiger partial charge in [0.15, 0.2) is 5.96 Å². The van der Waals surface area contributed by atoms with Gasteiger partial charge < -0.3 is 15.0 Å². The van der Waals surface area contributed by atoms with Crippen LogP contribution in [-0.2, 0) is 17.7 Å². The van der Waals surface area contributed by atoms with Gasteiger partial charge in [0.05, 0.1) is 18.1 Å². The molecule has 0 unspecified atom stereocenters. The van der Waals surface area contributed by atoms with Crippen molar-refractivity contribution in [2.45, 2.75) is 13.0 Å². The molecular formula is C19H23IN4O3. The maximum atomic E-state index is 10.8. The molecule has 0 radical (unpaired) electrons. The summed E-state index contributed by atoms with van der Waals surface area (Å²) < 4.78 is 5.12. The lowest BCUT2D eigenvalue weighted by molar-refractivity contribution is -0.384. The first-order chi connectivity index (χ1) is 12.7. The molecule has 0 spiro atoms. The number of fused-ring (bicyclic) bond motifs is 1. The molecule has 0 amide bonds. The lowest BCUT2D eigenvalue weighted by atomic mass is 10.2. The van der Waals surface area contributed by atoms with Crippen molar-refractivity contribution in [2.24, 2.45) is 4.99 Å². The maximum absolute atomic E-state index is 10.8. The zero-order valence-corrected chi connectivity index (χ0v) is 17.5. The largest absolute Gasteiger partial charge is 0.383 e. The number of anilines is 1. The van der Waals surface area contributed by atoms with E-state index in [4.69, 9.17) is 9.73 Å². The molecule has 0 atom stereocenters. The molecule has 1 aliphatic heterocycles. The van der Waals surface area contributed by atoms with Gasteiger partial charge in [-0.05, 0) is 23.6 Å². The van der Waals surface area contributed by atoms with Crippen molar-refractivity contribution >= 4 is 41.3 Å². The molecule has 0 fully saturated rings. The zero-order chi connectivity index (χ0) is 18.4. The topological polar surface area (TPSA) is 80.0 Å². The quantitative estimate of drug-likeness (QED) is 0.171. The minimum absolute atomic E-state index is 0. The fourth-order valence-corrected chi connectivity index (χ4v) is 2.95. The number of guanidine groups is 1. The van der Waals surface area contributed by atoms with Crippen LogP contribution < -0.4 is 10.2 Å². The Morgan fingerprint density at radius 1 is 1.26 bits per heavy atom. The van der Waals surface area contributed by atoms with Gasteiger partial charge in [-0.2, -0.15) is 0 Å². The molecule has 27 heavy (non-hydrogen) atoms. The standard InChI is InChI=1S/C19H22N4O3.HI/c1-26-13-11-20-19(22-12-10-16-4-2-3-5-18(16)22)21-14-15-6-8-17(9-7-15)23(24)25;/h2-9H,10-14H2,1H3,(H,20,21);1H. The Bertz CT molecular complexity index is 796. The minimum Gasteiger partial charge on any atom is -0.383 e. The van der Waals surface area contributed by atoms with Crippen LogP contribution in [0.2, 0.25) is 0 Å². The Morgan fingerprint density at radius 2 is 2.00 bits per heavy atom. The summed E-state index contributed by atoms with van der Waals surface area (Å²) in [6.07, 6.45) is 0.985. The molecule has 2 aromatic carbocycles. The van der Waals surface area contributed by atoms with E-state index in [9.17, 15) is 10.1 Å². The van der Waals surface area contributed by atoms with Gasteiger partial charge in [-0.15, -0.1) is 24.0 Å². The Morgan fingerprint density at radius 3 is 2.70 bits per heavy atom. The molecular weight excluding hydrogens is 459 g/mol. The minimum atomic E-state index is -0.397. The van der Waals surface area contributed by atoms with E-state index in [0.717, 1.165) is 24.5 Å². The predicted molar refractivity (Wildman–Crippen MR) is 117 cm³/mol. The van der Waals surface area contributed by atoms with Gasteiger partial charge in [0.2, 0.25) is 0 Å². The van der Waals surface area contributed by atoms with Crippen LogP contribution in [-0.4, -0.2) is 37.7 Å². The van der Waals surface area contributed by atoms with Gasteiger partial charge in [-0.25, -0.2) is 4.99 Å². The zero-order valence-electron chi connectivity index (χ0n) is 15.1. The molecule has 1 aliphatic rings. The molecule has 2 aromatic rings. The molecule has 0 saturated heterocycles. The van der Waals surface area contributed by atoms with E-state index in [1.54, 1.807) is 19.2 Å². The fraction of sp³-hybridized carbons (Fsp3) is 0.316. The van der Waals surface area contributed by atoms with Crippen LogP contribution in [0.1, 0.15) is 11.1 Å². The normalized spacial score (nSPS) is 13.1. The van der Waals surface area contributed by atoms with Crippen LogP contribution in [0.5, 0.6) is 0 Å². The highest BCUT2D eigenvalue weighted by atomic mass is 127. The summed E-state index contributed by atoms with van der Waals surface area (Å²) in [4.78, 5) is 17.3. The number of benzene rings is 2. The number of rotatable bonds is 6. The second kappa shape index (κ2) is 10.2.